The molecule has 0 saturated carbocycles. The Bertz CT molecular complexity index is 3710. The Balaban J connectivity index is 0.000000210. The van der Waals surface area contributed by atoms with E-state index < -0.39 is 32.3 Å². The van der Waals surface area contributed by atoms with Crippen molar-refractivity contribution in [1.82, 2.24) is 60.2 Å². The molecule has 4 aromatic heterocycles. The molecule has 10 rings (SSSR count). The van der Waals surface area contributed by atoms with E-state index in [-0.39, 0.29) is 36.9 Å². The number of tetrazole rings is 2. The first-order valence-corrected chi connectivity index (χ1v) is 31.4. The Morgan fingerprint density at radius 3 is 1.45 bits per heavy atom. The number of benzene rings is 4. The largest absolute Gasteiger partial charge is 0.496 e. The number of pyridine rings is 2. The number of carbonyl (C=O) groups excluding carboxylic acids is 4. The summed E-state index contributed by atoms with van der Waals surface area (Å²) >= 11 is 0. The van der Waals surface area contributed by atoms with Crippen LogP contribution in [0.2, 0.25) is 18.1 Å². The zero-order chi connectivity index (χ0) is 61.8. The molecule has 0 fully saturated rings. The van der Waals surface area contributed by atoms with Crippen molar-refractivity contribution in [1.29, 1.82) is 0 Å². The van der Waals surface area contributed by atoms with Gasteiger partial charge in [-0.1, -0.05) is 93.6 Å². The second-order valence-corrected chi connectivity index (χ2v) is 27.4. The minimum Gasteiger partial charge on any atom is -0.496 e. The Morgan fingerprint density at radius 1 is 0.598 bits per heavy atom. The van der Waals surface area contributed by atoms with Crippen LogP contribution < -0.4 is 20.1 Å². The van der Waals surface area contributed by atoms with E-state index in [9.17, 15) is 24.3 Å². The minimum atomic E-state index is -1.96. The number of fused-ring (bicyclic) bond motifs is 2. The van der Waals surface area contributed by atoms with Crippen molar-refractivity contribution in [3.63, 3.8) is 0 Å². The summed E-state index contributed by atoms with van der Waals surface area (Å²) in [5, 5.41) is 39.2. The summed E-state index contributed by atoms with van der Waals surface area (Å²) in [4.78, 5) is 65.0. The number of hydrogen-bond donors (Lipinski definition) is 3. The quantitative estimate of drug-likeness (QED) is 0.0674. The van der Waals surface area contributed by atoms with Crippen molar-refractivity contribution in [2.75, 3.05) is 51.2 Å². The molecule has 0 unspecified atom stereocenters. The van der Waals surface area contributed by atoms with Gasteiger partial charge < -0.3 is 48.9 Å². The zero-order valence-electron chi connectivity index (χ0n) is 50.3. The molecular formula is C62H72N14O10Si. The van der Waals surface area contributed by atoms with Gasteiger partial charge >= 0.3 is 12.2 Å². The van der Waals surface area contributed by atoms with E-state index in [1.54, 1.807) is 69.9 Å². The average Bonchev–Trinajstić information content (AvgIpc) is 2.60. The SMILES string of the molecule is COc1cc2c(cc1C(=O)Nc1cccc(-c3nnnn3[C@H](C)CO)n1)CN(C(=O)OCc1ccccc1)CC2.COc1cc2c(cc1C(=O)Nc1cccc(-c3nnnn3[C@H](C)CO[Si](C)(C)C(C)(C)C)n1)CN(C(=O)OCc1ccccc1)CC2. The minimum absolute atomic E-state index is 0.0821. The molecule has 25 heteroatoms. The molecule has 454 valence electrons. The fraction of sp³-hybridized carbons (Fsp3) is 0.355. The highest BCUT2D eigenvalue weighted by atomic mass is 28.4. The number of nitrogens with one attached hydrogen (secondary N) is 2. The normalized spacial score (nSPS) is 13.6. The van der Waals surface area contributed by atoms with E-state index in [2.05, 4.69) is 85.5 Å². The van der Waals surface area contributed by atoms with Crippen LogP contribution in [0.1, 0.15) is 101 Å². The second-order valence-electron chi connectivity index (χ2n) is 22.6. The van der Waals surface area contributed by atoms with Gasteiger partial charge in [0.1, 0.15) is 47.7 Å². The lowest BCUT2D eigenvalue weighted by atomic mass is 9.96. The third-order valence-corrected chi connectivity index (χ3v) is 20.0. The van der Waals surface area contributed by atoms with Crippen LogP contribution in [-0.2, 0) is 53.0 Å². The number of methoxy groups -OCH3 is 2. The third kappa shape index (κ3) is 15.1. The first-order chi connectivity index (χ1) is 41.8. The maximum atomic E-state index is 13.6. The lowest BCUT2D eigenvalue weighted by molar-refractivity contribution is 0.0911. The van der Waals surface area contributed by atoms with Gasteiger partial charge in [-0.2, -0.15) is 0 Å². The molecule has 3 N–H and O–H groups in total. The lowest BCUT2D eigenvalue weighted by Crippen LogP contribution is -2.42. The summed E-state index contributed by atoms with van der Waals surface area (Å²) < 4.78 is 31.8. The van der Waals surface area contributed by atoms with Crippen LogP contribution in [0.3, 0.4) is 0 Å². The summed E-state index contributed by atoms with van der Waals surface area (Å²) in [5.74, 6) is 1.51. The predicted octanol–water partition coefficient (Wildman–Crippen LogP) is 9.52. The molecule has 0 bridgehead atoms. The van der Waals surface area contributed by atoms with E-state index in [0.29, 0.717) is 103 Å². The summed E-state index contributed by atoms with van der Waals surface area (Å²) in [5.41, 5.74) is 7.14. The second kappa shape index (κ2) is 27.7. The fourth-order valence-electron chi connectivity index (χ4n) is 9.44. The lowest BCUT2D eigenvalue weighted by Gasteiger charge is -2.36. The summed E-state index contributed by atoms with van der Waals surface area (Å²) in [7, 11) is 1.08. The van der Waals surface area contributed by atoms with Crippen molar-refractivity contribution < 1.29 is 47.7 Å². The molecule has 2 atom stereocenters. The molecular weight excluding hydrogens is 1130 g/mol. The molecule has 2 aliphatic rings. The van der Waals surface area contributed by atoms with E-state index in [0.717, 1.165) is 33.4 Å². The van der Waals surface area contributed by atoms with Gasteiger partial charge in [0.25, 0.3) is 11.8 Å². The molecule has 8 aromatic rings. The van der Waals surface area contributed by atoms with Crippen LogP contribution in [-0.4, -0.2) is 138 Å². The molecule has 0 radical (unpaired) electrons. The maximum absolute atomic E-state index is 13.6. The Kier molecular flexibility index (Phi) is 19.8. The van der Waals surface area contributed by atoms with Gasteiger partial charge in [-0.25, -0.2) is 28.9 Å². The molecule has 6 heterocycles. The van der Waals surface area contributed by atoms with Gasteiger partial charge in [-0.3, -0.25) is 9.59 Å². The van der Waals surface area contributed by atoms with Crippen molar-refractivity contribution in [2.45, 2.75) is 104 Å². The van der Waals surface area contributed by atoms with Crippen LogP contribution in [0.15, 0.2) is 121 Å². The smallest absolute Gasteiger partial charge is 0.410 e. The van der Waals surface area contributed by atoms with Gasteiger partial charge in [0.05, 0.1) is 50.6 Å². The van der Waals surface area contributed by atoms with Crippen molar-refractivity contribution in [3.8, 4) is 34.5 Å². The summed E-state index contributed by atoms with van der Waals surface area (Å²) in [6.45, 7) is 17.2. The van der Waals surface area contributed by atoms with Crippen LogP contribution in [0.25, 0.3) is 23.0 Å². The maximum Gasteiger partial charge on any atom is 0.410 e. The number of aliphatic hydroxyl groups excluding tert-OH is 1. The Labute approximate surface area is 505 Å². The first kappa shape index (κ1) is 62.1. The molecule has 0 aliphatic carbocycles. The third-order valence-electron chi connectivity index (χ3n) is 15.5. The van der Waals surface area contributed by atoms with Crippen LogP contribution in [0.5, 0.6) is 11.5 Å². The number of anilines is 2. The highest BCUT2D eigenvalue weighted by Gasteiger charge is 2.38. The molecule has 4 amide bonds. The number of nitrogens with zero attached hydrogens (tertiary/aromatic N) is 12. The Morgan fingerprint density at radius 2 is 1.03 bits per heavy atom. The summed E-state index contributed by atoms with van der Waals surface area (Å²) in [6.07, 6.45) is 0.422. The van der Waals surface area contributed by atoms with Gasteiger partial charge in [0.2, 0.25) is 11.6 Å². The van der Waals surface area contributed by atoms with Crippen LogP contribution in [0.4, 0.5) is 21.2 Å². The van der Waals surface area contributed by atoms with E-state index in [4.69, 9.17) is 23.4 Å². The molecule has 2 aliphatic heterocycles. The standard InChI is InChI=1S/C34H43N7O5Si.C28H29N7O5/c1-23(21-46-47(6,7)34(2,3)4)41-31(37-38-39-41)28-14-11-15-30(35-28)36-32(42)27-18-26-20-40(17-16-25(26)19-29(27)44-5)33(43)45-22-24-12-9-8-10-13-24;1-18(16-36)35-26(31-32-33-35)23-9-6-10-25(29-23)30-27(37)22-13-21-15-34(12-11-20(21)14-24(22)39-2)28(38)40-17-19-7-4-3-5-8-19/h8-15,18-19,23H,16-17,20-22H2,1-7H3,(H,35,36,42);3-10,13-14,18,36H,11-12,15-17H2,1-2H3,(H,29,30,37)/t23-;18-/m11/s1. The van der Waals surface area contributed by atoms with Crippen molar-refractivity contribution >= 4 is 44.0 Å². The zero-order valence-corrected chi connectivity index (χ0v) is 51.3. The van der Waals surface area contributed by atoms with Gasteiger partial charge in [0.15, 0.2) is 8.32 Å². The molecule has 4 aromatic carbocycles. The number of ether oxygens (including phenoxy) is 4. The van der Waals surface area contributed by atoms with Crippen LogP contribution >= 0.6 is 0 Å². The molecule has 0 spiro atoms. The first-order valence-electron chi connectivity index (χ1n) is 28.5. The fourth-order valence-corrected chi connectivity index (χ4v) is 10.5. The van der Waals surface area contributed by atoms with E-state index >= 15 is 0 Å². The molecule has 24 nitrogen and oxygen atoms in total. The number of rotatable bonds is 18. The number of aromatic nitrogens is 10. The highest BCUT2D eigenvalue weighted by Crippen LogP contribution is 2.37. The molecule has 87 heavy (non-hydrogen) atoms. The van der Waals surface area contributed by atoms with Crippen molar-refractivity contribution in [3.05, 3.63) is 166 Å². The number of carbonyl (C=O) groups is 4. The number of amides is 4. The number of hydrogen-bond acceptors (Lipinski definition) is 18. The highest BCUT2D eigenvalue weighted by molar-refractivity contribution is 6.74. The predicted molar refractivity (Wildman–Crippen MR) is 325 cm³/mol. The van der Waals surface area contributed by atoms with Gasteiger partial charge in [-0.05, 0) is 148 Å². The summed E-state index contributed by atoms with van der Waals surface area (Å²) in [6, 6.07) is 36.2. The van der Waals surface area contributed by atoms with Crippen molar-refractivity contribution in [2.24, 2.45) is 0 Å². The molecule has 0 saturated heterocycles. The number of aliphatic hydroxyl groups is 1. The van der Waals surface area contributed by atoms with Gasteiger partial charge in [-0.15, -0.1) is 10.2 Å². The Hall–Kier alpha value is -9.46. The average molecular weight is 1200 g/mol. The monoisotopic (exact) mass is 1200 g/mol. The van der Waals surface area contributed by atoms with E-state index in [1.807, 2.05) is 79.7 Å². The van der Waals surface area contributed by atoms with E-state index in [1.165, 1.54) is 18.9 Å². The van der Waals surface area contributed by atoms with Gasteiger partial charge in [0, 0.05) is 26.2 Å². The topological polar surface area (TPSA) is 278 Å². The van der Waals surface area contributed by atoms with Crippen LogP contribution in [0, 0.1) is 0 Å².